The van der Waals surface area contributed by atoms with Crippen LogP contribution >= 0.6 is 34.7 Å². The lowest BCUT2D eigenvalue weighted by molar-refractivity contribution is -0.115. The number of pyridine rings is 1. The Morgan fingerprint density at radius 1 is 1.00 bits per heavy atom. The number of thiazole rings is 1. The molecule has 41 heavy (non-hydrogen) atoms. The highest BCUT2D eigenvalue weighted by atomic mass is 35.5. The summed E-state index contributed by atoms with van der Waals surface area (Å²) >= 11 is 8.88. The van der Waals surface area contributed by atoms with E-state index in [-0.39, 0.29) is 5.91 Å². The third-order valence-corrected chi connectivity index (χ3v) is 8.56. The van der Waals surface area contributed by atoms with Crippen molar-refractivity contribution in [1.82, 2.24) is 9.97 Å². The fourth-order valence-corrected chi connectivity index (χ4v) is 6.01. The van der Waals surface area contributed by atoms with E-state index in [0.717, 1.165) is 33.6 Å². The quantitative estimate of drug-likeness (QED) is 0.181. The van der Waals surface area contributed by atoms with Gasteiger partial charge in [0, 0.05) is 27.1 Å². The fourth-order valence-electron chi connectivity index (χ4n) is 4.14. The van der Waals surface area contributed by atoms with E-state index in [2.05, 4.69) is 16.4 Å². The summed E-state index contributed by atoms with van der Waals surface area (Å²) in [6.07, 6.45) is 0. The Morgan fingerprint density at radius 2 is 1.71 bits per heavy atom. The van der Waals surface area contributed by atoms with Gasteiger partial charge in [0.15, 0.2) is 5.13 Å². The number of aryl methyl sites for hydroxylation is 1. The Hall–Kier alpha value is -4.16. The number of rotatable bonds is 8. The average Bonchev–Trinajstić information content (AvgIpc) is 3.45. The van der Waals surface area contributed by atoms with Crippen LogP contribution in [0.4, 0.5) is 5.13 Å². The first kappa shape index (κ1) is 28.4. The van der Waals surface area contributed by atoms with Crippen molar-refractivity contribution in [1.29, 1.82) is 5.26 Å². The third kappa shape index (κ3) is 6.44. The van der Waals surface area contributed by atoms with E-state index in [1.54, 1.807) is 20.1 Å². The molecule has 1 unspecified atom stereocenters. The molecule has 0 aliphatic rings. The highest BCUT2D eigenvalue weighted by molar-refractivity contribution is 8.00. The van der Waals surface area contributed by atoms with Crippen molar-refractivity contribution in [3.63, 3.8) is 0 Å². The molecule has 1 N–H and O–H groups in total. The Bertz CT molecular complexity index is 1750. The van der Waals surface area contributed by atoms with Crippen molar-refractivity contribution in [2.75, 3.05) is 12.4 Å². The van der Waals surface area contributed by atoms with Gasteiger partial charge in [0.25, 0.3) is 0 Å². The van der Waals surface area contributed by atoms with Gasteiger partial charge in [-0.05, 0) is 55.8 Å². The van der Waals surface area contributed by atoms with Crippen molar-refractivity contribution in [3.8, 4) is 45.5 Å². The smallest absolute Gasteiger partial charge is 0.239 e. The van der Waals surface area contributed by atoms with Crippen LogP contribution < -0.4 is 10.1 Å². The summed E-state index contributed by atoms with van der Waals surface area (Å²) < 4.78 is 5.31. The summed E-state index contributed by atoms with van der Waals surface area (Å²) in [6.45, 7) is 3.81. The third-order valence-electron chi connectivity index (χ3n) is 6.39. The van der Waals surface area contributed by atoms with Crippen molar-refractivity contribution in [2.45, 2.75) is 24.1 Å². The summed E-state index contributed by atoms with van der Waals surface area (Å²) in [7, 11) is 1.62. The van der Waals surface area contributed by atoms with Gasteiger partial charge in [0.1, 0.15) is 16.8 Å². The molecule has 0 saturated carbocycles. The number of amides is 1. The number of nitrogens with one attached hydrogen (secondary N) is 1. The lowest BCUT2D eigenvalue weighted by Crippen LogP contribution is -2.22. The molecule has 204 valence electrons. The highest BCUT2D eigenvalue weighted by Crippen LogP contribution is 2.37. The van der Waals surface area contributed by atoms with Crippen LogP contribution in [-0.4, -0.2) is 28.2 Å². The Labute approximate surface area is 252 Å². The van der Waals surface area contributed by atoms with E-state index < -0.39 is 5.25 Å². The van der Waals surface area contributed by atoms with Crippen LogP contribution in [0.5, 0.6) is 5.75 Å². The molecule has 3 aromatic carbocycles. The fraction of sp³-hybridized carbons (Fsp3) is 0.125. The molecule has 1 amide bonds. The molecular weight excluding hydrogens is 572 g/mol. The van der Waals surface area contributed by atoms with Gasteiger partial charge in [0.05, 0.1) is 29.3 Å². The maximum Gasteiger partial charge on any atom is 0.239 e. The number of hydrogen-bond acceptors (Lipinski definition) is 7. The van der Waals surface area contributed by atoms with Gasteiger partial charge in [-0.3, -0.25) is 4.79 Å². The van der Waals surface area contributed by atoms with Crippen LogP contribution in [0.15, 0.2) is 89.3 Å². The number of nitriles is 1. The van der Waals surface area contributed by atoms with Crippen molar-refractivity contribution in [2.24, 2.45) is 0 Å². The van der Waals surface area contributed by atoms with E-state index in [1.807, 2.05) is 85.1 Å². The van der Waals surface area contributed by atoms with Crippen LogP contribution in [-0.2, 0) is 4.79 Å². The lowest BCUT2D eigenvalue weighted by atomic mass is 9.98. The second-order valence-corrected chi connectivity index (χ2v) is 11.8. The summed E-state index contributed by atoms with van der Waals surface area (Å²) in [4.78, 5) is 22.6. The first-order chi connectivity index (χ1) is 19.9. The van der Waals surface area contributed by atoms with Crippen LogP contribution in [0.25, 0.3) is 33.6 Å². The van der Waals surface area contributed by atoms with Crippen molar-refractivity contribution < 1.29 is 9.53 Å². The van der Waals surface area contributed by atoms with Crippen molar-refractivity contribution >= 4 is 45.7 Å². The van der Waals surface area contributed by atoms with Gasteiger partial charge in [0.2, 0.25) is 5.91 Å². The molecule has 5 aromatic rings. The number of carbonyl (C=O) groups is 1. The number of anilines is 1. The SMILES string of the molecule is COc1ccc(-c2cc(-c3ccc(C)cc3)c(C#N)c(SC(C)C(=O)Nc3nc(-c4ccccc4Cl)cs3)n2)cc1. The zero-order valence-corrected chi connectivity index (χ0v) is 24.9. The molecule has 1 atom stereocenters. The summed E-state index contributed by atoms with van der Waals surface area (Å²) in [5.41, 5.74) is 6.27. The predicted octanol–water partition coefficient (Wildman–Crippen LogP) is 8.50. The van der Waals surface area contributed by atoms with E-state index in [9.17, 15) is 10.1 Å². The second-order valence-electron chi connectivity index (χ2n) is 9.21. The molecule has 2 aromatic heterocycles. The van der Waals surface area contributed by atoms with Gasteiger partial charge in [-0.2, -0.15) is 5.26 Å². The minimum atomic E-state index is -0.556. The second kappa shape index (κ2) is 12.6. The number of thioether (sulfide) groups is 1. The molecule has 0 aliphatic carbocycles. The van der Waals surface area contributed by atoms with Gasteiger partial charge in [-0.15, -0.1) is 11.3 Å². The zero-order valence-electron chi connectivity index (χ0n) is 22.5. The number of methoxy groups -OCH3 is 1. The number of halogens is 1. The molecule has 0 bridgehead atoms. The molecule has 0 radical (unpaired) electrons. The van der Waals surface area contributed by atoms with Crippen LogP contribution in [0.1, 0.15) is 18.1 Å². The molecule has 9 heteroatoms. The Balaban J connectivity index is 1.45. The van der Waals surface area contributed by atoms with Crippen LogP contribution in [0, 0.1) is 18.3 Å². The normalized spacial score (nSPS) is 11.5. The molecule has 0 spiro atoms. The average molecular weight is 597 g/mol. The maximum absolute atomic E-state index is 13.2. The van der Waals surface area contributed by atoms with E-state index in [0.29, 0.717) is 32.1 Å². The molecule has 6 nitrogen and oxygen atoms in total. The maximum atomic E-state index is 13.2. The predicted molar refractivity (Wildman–Crippen MR) is 168 cm³/mol. The minimum absolute atomic E-state index is 0.243. The summed E-state index contributed by atoms with van der Waals surface area (Å²) in [5.74, 6) is 0.494. The molecular formula is C32H25ClN4O2S2. The highest BCUT2D eigenvalue weighted by Gasteiger charge is 2.22. The molecule has 0 aliphatic heterocycles. The first-order valence-electron chi connectivity index (χ1n) is 12.7. The van der Waals surface area contributed by atoms with Gasteiger partial charge >= 0.3 is 0 Å². The summed E-state index contributed by atoms with van der Waals surface area (Å²) in [5, 5.41) is 16.0. The number of nitrogens with zero attached hydrogens (tertiary/aromatic N) is 3. The van der Waals surface area contributed by atoms with Crippen molar-refractivity contribution in [3.05, 3.63) is 100 Å². The number of aromatic nitrogens is 2. The molecule has 0 saturated heterocycles. The Kier molecular flexibility index (Phi) is 8.70. The largest absolute Gasteiger partial charge is 0.497 e. The minimum Gasteiger partial charge on any atom is -0.497 e. The molecule has 5 rings (SSSR count). The Morgan fingerprint density at radius 3 is 2.39 bits per heavy atom. The summed E-state index contributed by atoms with van der Waals surface area (Å²) in [6, 6.07) is 27.3. The number of hydrogen-bond donors (Lipinski definition) is 1. The van der Waals surface area contributed by atoms with Crippen LogP contribution in [0.3, 0.4) is 0 Å². The van der Waals surface area contributed by atoms with Crippen LogP contribution in [0.2, 0.25) is 5.02 Å². The standard InChI is InChI=1S/C32H25ClN4O2S2/c1-19-8-10-21(11-9-19)25-16-28(22-12-14-23(39-3)15-13-22)35-31(26(25)17-34)41-20(2)30(38)37-32-36-29(18-40-32)24-6-4-5-7-27(24)33/h4-16,18,20H,1-3H3,(H,36,37,38). The van der Waals surface area contributed by atoms with Gasteiger partial charge < -0.3 is 10.1 Å². The number of carbonyl (C=O) groups excluding carboxylic acids is 1. The monoisotopic (exact) mass is 596 g/mol. The number of benzene rings is 3. The van der Waals surface area contributed by atoms with E-state index >= 15 is 0 Å². The topological polar surface area (TPSA) is 87.9 Å². The van der Waals surface area contributed by atoms with E-state index in [4.69, 9.17) is 21.3 Å². The number of ether oxygens (including phenoxy) is 1. The zero-order chi connectivity index (χ0) is 28.9. The first-order valence-corrected chi connectivity index (χ1v) is 14.8. The molecule has 0 fully saturated rings. The molecule has 2 heterocycles. The van der Waals surface area contributed by atoms with Gasteiger partial charge in [-0.25, -0.2) is 9.97 Å². The van der Waals surface area contributed by atoms with Gasteiger partial charge in [-0.1, -0.05) is 71.4 Å². The lowest BCUT2D eigenvalue weighted by Gasteiger charge is -2.15. The van der Waals surface area contributed by atoms with E-state index in [1.165, 1.54) is 23.1 Å².